The van der Waals surface area contributed by atoms with Crippen LogP contribution in [0.4, 0.5) is 5.69 Å². The van der Waals surface area contributed by atoms with Crippen molar-refractivity contribution < 1.29 is 9.59 Å². The van der Waals surface area contributed by atoms with Gasteiger partial charge in [-0.05, 0) is 38.0 Å². The third kappa shape index (κ3) is 5.11. The van der Waals surface area contributed by atoms with Crippen molar-refractivity contribution in [3.63, 3.8) is 0 Å². The first kappa shape index (κ1) is 18.5. The van der Waals surface area contributed by atoms with Gasteiger partial charge in [0.15, 0.2) is 0 Å². The quantitative estimate of drug-likeness (QED) is 0.764. The Kier molecular flexibility index (Phi) is 6.33. The SMILES string of the molecule is C[C@H](Cn1cccn1)NC(=O)C(=O)Nc1ccccc1SC1CCCC1. The Balaban J connectivity index is 1.55. The molecule has 2 aromatic rings. The number of carbonyl (C=O) groups excluding carboxylic acids is 2. The number of aromatic nitrogens is 2. The lowest BCUT2D eigenvalue weighted by Gasteiger charge is -2.16. The number of anilines is 1. The molecule has 1 aliphatic rings. The molecule has 7 heteroatoms. The summed E-state index contributed by atoms with van der Waals surface area (Å²) in [6, 6.07) is 9.29. The fraction of sp³-hybridized carbons (Fsp3) is 0.421. The lowest BCUT2D eigenvalue weighted by Crippen LogP contribution is -2.42. The molecule has 0 bridgehead atoms. The van der Waals surface area contributed by atoms with Crippen LogP contribution in [0.2, 0.25) is 0 Å². The molecule has 1 aliphatic carbocycles. The summed E-state index contributed by atoms with van der Waals surface area (Å²) in [7, 11) is 0. The van der Waals surface area contributed by atoms with E-state index in [2.05, 4.69) is 15.7 Å². The number of hydrogen-bond donors (Lipinski definition) is 2. The number of benzene rings is 1. The van der Waals surface area contributed by atoms with Crippen molar-refractivity contribution in [2.75, 3.05) is 5.32 Å². The second-order valence-electron chi connectivity index (χ2n) is 6.58. The van der Waals surface area contributed by atoms with E-state index >= 15 is 0 Å². The van der Waals surface area contributed by atoms with Gasteiger partial charge in [0.05, 0.1) is 12.2 Å². The summed E-state index contributed by atoms with van der Waals surface area (Å²) in [6.45, 7) is 2.36. The number of carbonyl (C=O) groups is 2. The highest BCUT2D eigenvalue weighted by Gasteiger charge is 2.20. The van der Waals surface area contributed by atoms with E-state index in [1.54, 1.807) is 22.6 Å². The van der Waals surface area contributed by atoms with Gasteiger partial charge >= 0.3 is 11.8 Å². The maximum atomic E-state index is 12.3. The number of para-hydroxylation sites is 1. The standard InChI is InChI=1S/C19H24N4O2S/c1-14(13-23-12-6-11-20-23)21-18(24)19(25)22-16-9-4-5-10-17(16)26-15-7-2-3-8-15/h4-6,9-12,14-15H,2-3,7-8,13H2,1H3,(H,21,24)(H,22,25)/t14-/m1/s1. The molecule has 3 rings (SSSR count). The van der Waals surface area contributed by atoms with Crippen LogP contribution in [-0.2, 0) is 16.1 Å². The fourth-order valence-corrected chi connectivity index (χ4v) is 4.39. The minimum absolute atomic E-state index is 0.198. The van der Waals surface area contributed by atoms with E-state index in [-0.39, 0.29) is 6.04 Å². The van der Waals surface area contributed by atoms with Crippen LogP contribution >= 0.6 is 11.8 Å². The molecule has 0 spiro atoms. The Labute approximate surface area is 157 Å². The van der Waals surface area contributed by atoms with Crippen LogP contribution in [-0.4, -0.2) is 32.9 Å². The number of nitrogens with zero attached hydrogens (tertiary/aromatic N) is 2. The van der Waals surface area contributed by atoms with Crippen molar-refractivity contribution in [1.82, 2.24) is 15.1 Å². The van der Waals surface area contributed by atoms with Gasteiger partial charge in [-0.2, -0.15) is 5.10 Å². The van der Waals surface area contributed by atoms with Crippen LogP contribution < -0.4 is 10.6 Å². The zero-order valence-electron chi connectivity index (χ0n) is 14.9. The van der Waals surface area contributed by atoms with Gasteiger partial charge in [0.1, 0.15) is 0 Å². The number of amides is 2. The summed E-state index contributed by atoms with van der Waals surface area (Å²) < 4.78 is 1.72. The van der Waals surface area contributed by atoms with Crippen LogP contribution in [0.25, 0.3) is 0 Å². The van der Waals surface area contributed by atoms with Crippen LogP contribution in [0.15, 0.2) is 47.6 Å². The largest absolute Gasteiger partial charge is 0.344 e. The van der Waals surface area contributed by atoms with Gasteiger partial charge in [0.2, 0.25) is 0 Å². The number of thioether (sulfide) groups is 1. The summed E-state index contributed by atoms with van der Waals surface area (Å²) in [6.07, 6.45) is 8.45. The maximum absolute atomic E-state index is 12.3. The topological polar surface area (TPSA) is 76.0 Å². The zero-order chi connectivity index (χ0) is 18.4. The van der Waals surface area contributed by atoms with Gasteiger partial charge in [-0.25, -0.2) is 0 Å². The Hall–Kier alpha value is -2.28. The molecule has 138 valence electrons. The van der Waals surface area contributed by atoms with Gasteiger partial charge in [0.25, 0.3) is 0 Å². The zero-order valence-corrected chi connectivity index (χ0v) is 15.7. The number of rotatable bonds is 6. The van der Waals surface area contributed by atoms with Crippen molar-refractivity contribution in [3.05, 3.63) is 42.7 Å². The maximum Gasteiger partial charge on any atom is 0.313 e. The number of nitrogens with one attached hydrogen (secondary N) is 2. The summed E-state index contributed by atoms with van der Waals surface area (Å²) in [4.78, 5) is 25.5. The van der Waals surface area contributed by atoms with Crippen molar-refractivity contribution >= 4 is 29.3 Å². The van der Waals surface area contributed by atoms with Crippen molar-refractivity contribution in [2.24, 2.45) is 0 Å². The van der Waals surface area contributed by atoms with Crippen molar-refractivity contribution in [3.8, 4) is 0 Å². The van der Waals surface area contributed by atoms with E-state index in [1.165, 1.54) is 25.7 Å². The summed E-state index contributed by atoms with van der Waals surface area (Å²) in [5.74, 6) is -1.28. The van der Waals surface area contributed by atoms with E-state index < -0.39 is 11.8 Å². The summed E-state index contributed by atoms with van der Waals surface area (Å²) >= 11 is 1.79. The lowest BCUT2D eigenvalue weighted by molar-refractivity contribution is -0.136. The molecule has 1 fully saturated rings. The average molecular weight is 372 g/mol. The normalized spacial score (nSPS) is 15.6. The molecule has 1 heterocycles. The molecular weight excluding hydrogens is 348 g/mol. The predicted octanol–water partition coefficient (Wildman–Crippen LogP) is 3.06. The highest BCUT2D eigenvalue weighted by atomic mass is 32.2. The lowest BCUT2D eigenvalue weighted by atomic mass is 10.3. The Morgan fingerprint density at radius 3 is 2.73 bits per heavy atom. The molecule has 1 atom stereocenters. The third-order valence-corrected chi connectivity index (χ3v) is 5.75. The minimum Gasteiger partial charge on any atom is -0.344 e. The molecule has 0 saturated heterocycles. The monoisotopic (exact) mass is 372 g/mol. The predicted molar refractivity (Wildman–Crippen MR) is 103 cm³/mol. The Bertz CT molecular complexity index is 742. The summed E-state index contributed by atoms with van der Waals surface area (Å²) in [5, 5.41) is 10.2. The highest BCUT2D eigenvalue weighted by molar-refractivity contribution is 8.00. The van der Waals surface area contributed by atoms with Gasteiger partial charge in [-0.1, -0.05) is 25.0 Å². The van der Waals surface area contributed by atoms with Crippen LogP contribution in [0, 0.1) is 0 Å². The van der Waals surface area contributed by atoms with E-state index in [4.69, 9.17) is 0 Å². The first-order chi connectivity index (χ1) is 12.6. The molecule has 0 unspecified atom stereocenters. The van der Waals surface area contributed by atoms with Crippen LogP contribution in [0.3, 0.4) is 0 Å². The molecule has 1 aromatic heterocycles. The first-order valence-electron chi connectivity index (χ1n) is 8.97. The Morgan fingerprint density at radius 2 is 2.00 bits per heavy atom. The first-order valence-corrected chi connectivity index (χ1v) is 9.85. The van der Waals surface area contributed by atoms with Gasteiger partial charge in [0, 0.05) is 28.6 Å². The molecule has 26 heavy (non-hydrogen) atoms. The summed E-state index contributed by atoms with van der Waals surface area (Å²) in [5.41, 5.74) is 0.698. The molecule has 0 aliphatic heterocycles. The molecule has 6 nitrogen and oxygen atoms in total. The van der Waals surface area contributed by atoms with Gasteiger partial charge in [-0.15, -0.1) is 11.8 Å². The minimum atomic E-state index is -0.642. The second-order valence-corrected chi connectivity index (χ2v) is 7.92. The van der Waals surface area contributed by atoms with Crippen molar-refractivity contribution in [2.45, 2.75) is 55.3 Å². The van der Waals surface area contributed by atoms with E-state index in [0.29, 0.717) is 17.5 Å². The highest BCUT2D eigenvalue weighted by Crippen LogP contribution is 2.37. The molecule has 2 N–H and O–H groups in total. The van der Waals surface area contributed by atoms with Gasteiger partial charge in [-0.3, -0.25) is 14.3 Å². The Morgan fingerprint density at radius 1 is 1.23 bits per heavy atom. The molecular formula is C19H24N4O2S. The van der Waals surface area contributed by atoms with Crippen LogP contribution in [0.1, 0.15) is 32.6 Å². The van der Waals surface area contributed by atoms with E-state index in [9.17, 15) is 9.59 Å². The van der Waals surface area contributed by atoms with Crippen LogP contribution in [0.5, 0.6) is 0 Å². The molecule has 2 amide bonds. The molecule has 1 aromatic carbocycles. The fourth-order valence-electron chi connectivity index (χ4n) is 3.06. The smallest absolute Gasteiger partial charge is 0.313 e. The molecule has 1 saturated carbocycles. The molecule has 0 radical (unpaired) electrons. The average Bonchev–Trinajstić information content (AvgIpc) is 3.30. The second kappa shape index (κ2) is 8.89. The van der Waals surface area contributed by atoms with E-state index in [1.807, 2.05) is 43.5 Å². The van der Waals surface area contributed by atoms with E-state index in [0.717, 1.165) is 4.90 Å². The third-order valence-electron chi connectivity index (χ3n) is 4.33. The number of hydrogen-bond acceptors (Lipinski definition) is 4. The van der Waals surface area contributed by atoms with Crippen molar-refractivity contribution in [1.29, 1.82) is 0 Å². The van der Waals surface area contributed by atoms with Gasteiger partial charge < -0.3 is 10.6 Å².